The molecule has 0 unspecified atom stereocenters. The van der Waals surface area contributed by atoms with Gasteiger partial charge in [-0.2, -0.15) is 0 Å². The molecule has 0 saturated carbocycles. The Kier molecular flexibility index (Phi) is 3.14. The van der Waals surface area contributed by atoms with Crippen molar-refractivity contribution < 1.29 is 0 Å². The van der Waals surface area contributed by atoms with E-state index < -0.39 is 0 Å². The van der Waals surface area contributed by atoms with Crippen molar-refractivity contribution in [3.05, 3.63) is 25.6 Å². The number of hydrogen-bond donors (Lipinski definition) is 1. The third-order valence-electron chi connectivity index (χ3n) is 3.90. The molecule has 3 rings (SSSR count). The Hall–Kier alpha value is -0.940. The lowest BCUT2D eigenvalue weighted by Crippen LogP contribution is -2.24. The van der Waals surface area contributed by atoms with Crippen LogP contribution in [0.5, 0.6) is 0 Å². The second-order valence-corrected chi connectivity index (χ2v) is 7.25. The van der Waals surface area contributed by atoms with Gasteiger partial charge in [0.05, 0.1) is 5.39 Å². The molecule has 2 aromatic heterocycles. The molecule has 0 aromatic carbocycles. The Balaban J connectivity index is 2.37. The van der Waals surface area contributed by atoms with Gasteiger partial charge in [0.15, 0.2) is 4.77 Å². The number of aromatic nitrogens is 2. The summed E-state index contributed by atoms with van der Waals surface area (Å²) in [6.45, 7) is 6.28. The Morgan fingerprint density at radius 1 is 1.47 bits per heavy atom. The Morgan fingerprint density at radius 3 is 2.89 bits per heavy atom. The van der Waals surface area contributed by atoms with Gasteiger partial charge in [-0.25, -0.2) is 0 Å². The fourth-order valence-corrected chi connectivity index (χ4v) is 4.77. The molecule has 2 aromatic rings. The van der Waals surface area contributed by atoms with Crippen molar-refractivity contribution >= 4 is 33.8 Å². The summed E-state index contributed by atoms with van der Waals surface area (Å²) in [6.07, 6.45) is 3.29. The van der Waals surface area contributed by atoms with E-state index in [1.807, 2.05) is 13.8 Å². The topological polar surface area (TPSA) is 37.8 Å². The highest BCUT2D eigenvalue weighted by molar-refractivity contribution is 7.71. The molecule has 19 heavy (non-hydrogen) atoms. The summed E-state index contributed by atoms with van der Waals surface area (Å²) in [5.74, 6) is 0.718. The van der Waals surface area contributed by atoms with Gasteiger partial charge in [0.1, 0.15) is 4.83 Å². The maximum Gasteiger partial charge on any atom is 0.263 e. The lowest BCUT2D eigenvalue weighted by molar-refractivity contribution is 0.508. The highest BCUT2D eigenvalue weighted by atomic mass is 32.1. The van der Waals surface area contributed by atoms with E-state index in [1.54, 1.807) is 15.9 Å². The number of nitrogens with zero attached hydrogens (tertiary/aromatic N) is 1. The van der Waals surface area contributed by atoms with Gasteiger partial charge >= 0.3 is 0 Å². The summed E-state index contributed by atoms with van der Waals surface area (Å²) in [5, 5.41) is 0.884. The van der Waals surface area contributed by atoms with E-state index in [0.29, 0.717) is 4.77 Å². The van der Waals surface area contributed by atoms with Crippen LogP contribution in [-0.4, -0.2) is 9.55 Å². The first kappa shape index (κ1) is 13.1. The van der Waals surface area contributed by atoms with Crippen LogP contribution >= 0.6 is 23.6 Å². The zero-order valence-corrected chi connectivity index (χ0v) is 13.1. The average Bonchev–Trinajstić information content (AvgIpc) is 2.65. The number of aromatic amines is 1. The molecular formula is C14H18N2OS2. The molecule has 0 aliphatic heterocycles. The monoisotopic (exact) mass is 294 g/mol. The van der Waals surface area contributed by atoms with E-state index in [9.17, 15) is 4.79 Å². The predicted octanol–water partition coefficient (Wildman–Crippen LogP) is 3.83. The van der Waals surface area contributed by atoms with Gasteiger partial charge in [0.2, 0.25) is 0 Å². The smallest absolute Gasteiger partial charge is 0.263 e. The molecule has 5 heteroatoms. The minimum atomic E-state index is 0.0841. The van der Waals surface area contributed by atoms with Crippen LogP contribution in [0, 0.1) is 10.7 Å². The highest BCUT2D eigenvalue weighted by Gasteiger charge is 2.23. The second kappa shape index (κ2) is 4.56. The number of hydrogen-bond acceptors (Lipinski definition) is 3. The van der Waals surface area contributed by atoms with Crippen LogP contribution in [0.1, 0.15) is 43.7 Å². The zero-order chi connectivity index (χ0) is 13.7. The maximum absolute atomic E-state index is 12.7. The van der Waals surface area contributed by atoms with E-state index in [2.05, 4.69) is 11.9 Å². The van der Waals surface area contributed by atoms with Crippen molar-refractivity contribution in [2.75, 3.05) is 0 Å². The first-order valence-corrected chi connectivity index (χ1v) is 8.00. The predicted molar refractivity (Wildman–Crippen MR) is 82.8 cm³/mol. The van der Waals surface area contributed by atoms with Gasteiger partial charge in [-0.1, -0.05) is 6.92 Å². The lowest BCUT2D eigenvalue weighted by Gasteiger charge is -2.17. The van der Waals surface area contributed by atoms with E-state index in [1.165, 1.54) is 16.9 Å². The average molecular weight is 294 g/mol. The first-order chi connectivity index (χ1) is 8.99. The molecule has 0 bridgehead atoms. The number of fused-ring (bicyclic) bond motifs is 3. The summed E-state index contributed by atoms with van der Waals surface area (Å²) >= 11 is 7.04. The molecular weight excluding hydrogens is 276 g/mol. The van der Waals surface area contributed by atoms with Gasteiger partial charge in [0, 0.05) is 10.9 Å². The molecule has 1 aliphatic carbocycles. The van der Waals surface area contributed by atoms with Crippen molar-refractivity contribution in [1.29, 1.82) is 0 Å². The summed E-state index contributed by atoms with van der Waals surface area (Å²) in [6, 6.07) is 0.0960. The van der Waals surface area contributed by atoms with Crippen LogP contribution in [0.4, 0.5) is 0 Å². The molecule has 0 fully saturated rings. The standard InChI is InChI=1S/C14H18N2OS2/c1-7(2)16-13(17)11-9-5-4-8(3)6-10(9)19-12(11)15-14(16)18/h7-8H,4-6H2,1-3H3,(H,15,18)/t8-/m1/s1. The second-order valence-electron chi connectivity index (χ2n) is 5.75. The Bertz CT molecular complexity index is 751. The number of nitrogens with one attached hydrogen (secondary N) is 1. The minimum Gasteiger partial charge on any atom is -0.323 e. The molecule has 1 atom stereocenters. The lowest BCUT2D eigenvalue weighted by atomic mass is 9.89. The van der Waals surface area contributed by atoms with Gasteiger partial charge < -0.3 is 4.98 Å². The number of aryl methyl sites for hydroxylation is 1. The molecule has 0 amide bonds. The van der Waals surface area contributed by atoms with E-state index in [-0.39, 0.29) is 11.6 Å². The quantitative estimate of drug-likeness (QED) is 0.812. The molecule has 102 valence electrons. The Labute approximate surface area is 121 Å². The summed E-state index contributed by atoms with van der Waals surface area (Å²) in [5.41, 5.74) is 1.35. The summed E-state index contributed by atoms with van der Waals surface area (Å²) in [7, 11) is 0. The van der Waals surface area contributed by atoms with Crippen molar-refractivity contribution in [2.24, 2.45) is 5.92 Å². The van der Waals surface area contributed by atoms with Crippen LogP contribution in [-0.2, 0) is 12.8 Å². The molecule has 0 spiro atoms. The van der Waals surface area contributed by atoms with Gasteiger partial charge in [-0.3, -0.25) is 9.36 Å². The fraction of sp³-hybridized carbons (Fsp3) is 0.571. The van der Waals surface area contributed by atoms with Crippen molar-refractivity contribution in [2.45, 2.75) is 46.1 Å². The maximum atomic E-state index is 12.7. The van der Waals surface area contributed by atoms with E-state index in [4.69, 9.17) is 12.2 Å². The number of rotatable bonds is 1. The van der Waals surface area contributed by atoms with Crippen LogP contribution in [0.3, 0.4) is 0 Å². The molecule has 2 heterocycles. The van der Waals surface area contributed by atoms with Crippen LogP contribution in [0.2, 0.25) is 0 Å². The fourth-order valence-electron chi connectivity index (χ4n) is 2.90. The third-order valence-corrected chi connectivity index (χ3v) is 5.37. The first-order valence-electron chi connectivity index (χ1n) is 6.78. The molecule has 3 nitrogen and oxygen atoms in total. The van der Waals surface area contributed by atoms with Crippen LogP contribution in [0.25, 0.3) is 10.2 Å². The molecule has 1 N–H and O–H groups in total. The third kappa shape index (κ3) is 1.99. The number of thiophene rings is 1. The summed E-state index contributed by atoms with van der Waals surface area (Å²) in [4.78, 5) is 18.3. The van der Waals surface area contributed by atoms with Gasteiger partial charge in [-0.15, -0.1) is 11.3 Å². The normalized spacial score (nSPS) is 19.1. The highest BCUT2D eigenvalue weighted by Crippen LogP contribution is 2.35. The van der Waals surface area contributed by atoms with Crippen molar-refractivity contribution in [3.63, 3.8) is 0 Å². The van der Waals surface area contributed by atoms with Gasteiger partial charge in [0.25, 0.3) is 5.56 Å². The molecule has 0 radical (unpaired) electrons. The Morgan fingerprint density at radius 2 is 2.21 bits per heavy atom. The summed E-state index contributed by atoms with van der Waals surface area (Å²) < 4.78 is 2.24. The van der Waals surface area contributed by atoms with Crippen LogP contribution in [0.15, 0.2) is 4.79 Å². The molecule has 0 saturated heterocycles. The van der Waals surface area contributed by atoms with Crippen LogP contribution < -0.4 is 5.56 Å². The SMILES string of the molecule is CC(C)n1c(=S)[nH]c2sc3c(c2c1=O)CC[C@@H](C)C3. The van der Waals surface area contributed by atoms with Crippen molar-refractivity contribution in [1.82, 2.24) is 9.55 Å². The van der Waals surface area contributed by atoms with Gasteiger partial charge in [-0.05, 0) is 56.8 Å². The van der Waals surface area contributed by atoms with Crippen molar-refractivity contribution in [3.8, 4) is 0 Å². The minimum absolute atomic E-state index is 0.0841. The zero-order valence-electron chi connectivity index (χ0n) is 11.4. The van der Waals surface area contributed by atoms with E-state index in [0.717, 1.165) is 29.0 Å². The molecule has 1 aliphatic rings. The largest absolute Gasteiger partial charge is 0.323 e. The number of H-pyrrole nitrogens is 1. The van der Waals surface area contributed by atoms with E-state index >= 15 is 0 Å².